The van der Waals surface area contributed by atoms with E-state index >= 15 is 0 Å². The highest BCUT2D eigenvalue weighted by Crippen LogP contribution is 2.47. The van der Waals surface area contributed by atoms with Gasteiger partial charge in [-0.15, -0.1) is 0 Å². The molecule has 2 amide bonds. The van der Waals surface area contributed by atoms with Crippen LogP contribution in [0.15, 0.2) is 36.7 Å². The molecule has 4 heterocycles. The van der Waals surface area contributed by atoms with Crippen LogP contribution in [-0.4, -0.2) is 71.9 Å². The topological polar surface area (TPSA) is 108 Å². The van der Waals surface area contributed by atoms with E-state index in [2.05, 4.69) is 25.9 Å². The first kappa shape index (κ1) is 32.7. The van der Waals surface area contributed by atoms with Gasteiger partial charge in [0.2, 0.25) is 5.91 Å². The van der Waals surface area contributed by atoms with Crippen LogP contribution in [0.5, 0.6) is 0 Å². The Kier molecular flexibility index (Phi) is 8.41. The number of pyridine rings is 2. The van der Waals surface area contributed by atoms with E-state index < -0.39 is 65.7 Å². The molecule has 0 saturated carbocycles. The van der Waals surface area contributed by atoms with E-state index in [1.165, 1.54) is 20.2 Å². The summed E-state index contributed by atoms with van der Waals surface area (Å²) in [7, 11) is 2.96. The lowest BCUT2D eigenvalue weighted by Gasteiger charge is -2.48. The van der Waals surface area contributed by atoms with Gasteiger partial charge < -0.3 is 20.7 Å². The molecule has 1 spiro atoms. The number of nitrogens with zero attached hydrogens (tertiary/aromatic N) is 3. The highest BCUT2D eigenvalue weighted by Gasteiger charge is 2.52. The number of halogens is 6. The monoisotopic (exact) mass is 662 g/mol. The van der Waals surface area contributed by atoms with Crippen molar-refractivity contribution in [3.05, 3.63) is 82.1 Å². The minimum Gasteiger partial charge on any atom is -0.387 e. The molecular weight excluding hydrogens is 630 g/mol. The van der Waals surface area contributed by atoms with Gasteiger partial charge in [0.25, 0.3) is 5.91 Å². The lowest BCUT2D eigenvalue weighted by atomic mass is 9.79. The number of methoxy groups -OCH3 is 1. The Hall–Kier alpha value is -4.24. The van der Waals surface area contributed by atoms with Gasteiger partial charge in [-0.05, 0) is 61.4 Å². The number of hydrogen-bond donors (Lipinski definition) is 3. The summed E-state index contributed by atoms with van der Waals surface area (Å²) in [6, 6.07) is 2.78. The average molecular weight is 663 g/mol. The van der Waals surface area contributed by atoms with Crippen molar-refractivity contribution < 1.29 is 40.7 Å². The number of anilines is 2. The third-order valence-electron chi connectivity index (χ3n) is 9.55. The number of benzene rings is 1. The van der Waals surface area contributed by atoms with Crippen molar-refractivity contribution in [3.8, 4) is 0 Å². The van der Waals surface area contributed by atoms with E-state index in [1.807, 2.05) is 6.07 Å². The maximum absolute atomic E-state index is 14.6. The maximum atomic E-state index is 14.6. The number of aromatic nitrogens is 2. The molecule has 1 aromatic carbocycles. The number of rotatable bonds is 7. The molecule has 0 bridgehead atoms. The second-order valence-electron chi connectivity index (χ2n) is 12.4. The summed E-state index contributed by atoms with van der Waals surface area (Å²) in [4.78, 5) is 36.7. The molecule has 2 aromatic heterocycles. The number of likely N-dealkylation sites (tertiary alicyclic amines) is 1. The molecule has 250 valence electrons. The molecule has 3 aromatic rings. The van der Waals surface area contributed by atoms with Crippen molar-refractivity contribution in [2.24, 2.45) is 5.92 Å². The number of carbonyl (C=O) groups is 2. The highest BCUT2D eigenvalue weighted by molar-refractivity contribution is 6.06. The van der Waals surface area contributed by atoms with E-state index in [0.29, 0.717) is 28.7 Å². The molecule has 2 aliphatic heterocycles. The van der Waals surface area contributed by atoms with Gasteiger partial charge in [0.05, 0.1) is 35.4 Å². The minimum absolute atomic E-state index is 0.0244. The number of fused-ring (bicyclic) bond motifs is 3. The summed E-state index contributed by atoms with van der Waals surface area (Å²) >= 11 is 0. The Morgan fingerprint density at radius 3 is 2.60 bits per heavy atom. The van der Waals surface area contributed by atoms with Crippen molar-refractivity contribution in [1.29, 1.82) is 0 Å². The second kappa shape index (κ2) is 12.1. The first-order valence-corrected chi connectivity index (χ1v) is 15.0. The maximum Gasteiger partial charge on any atom is 0.401 e. The third kappa shape index (κ3) is 6.02. The SMILES string of the molecule is CNc1cnc2c(c1)C1(Cc3cc(C(=O)NC4CC(Cc5cc(F)cc(F)c5F)C(C)N(CC(F)(F)F)C4OC)cnc3C1)C(=O)N2. The second-order valence-corrected chi connectivity index (χ2v) is 12.4. The number of carbonyl (C=O) groups excluding carboxylic acids is 2. The number of nitrogens with one attached hydrogen (secondary N) is 3. The van der Waals surface area contributed by atoms with Crippen molar-refractivity contribution in [2.75, 3.05) is 31.3 Å². The quantitative estimate of drug-likeness (QED) is 0.253. The minimum atomic E-state index is -4.65. The van der Waals surface area contributed by atoms with Crippen LogP contribution in [-0.2, 0) is 34.2 Å². The number of amides is 2. The van der Waals surface area contributed by atoms with Crippen LogP contribution < -0.4 is 16.0 Å². The summed E-state index contributed by atoms with van der Waals surface area (Å²) in [6.07, 6.45) is -2.64. The largest absolute Gasteiger partial charge is 0.401 e. The van der Waals surface area contributed by atoms with Crippen molar-refractivity contribution in [1.82, 2.24) is 20.2 Å². The van der Waals surface area contributed by atoms with Gasteiger partial charge in [-0.1, -0.05) is 0 Å². The number of piperidine rings is 1. The predicted molar refractivity (Wildman–Crippen MR) is 158 cm³/mol. The molecule has 1 saturated heterocycles. The van der Waals surface area contributed by atoms with Gasteiger partial charge in [-0.3, -0.25) is 19.5 Å². The van der Waals surface area contributed by atoms with Crippen LogP contribution in [0.2, 0.25) is 0 Å². The first-order chi connectivity index (χ1) is 22.2. The summed E-state index contributed by atoms with van der Waals surface area (Å²) in [6.45, 7) is 0.103. The summed E-state index contributed by atoms with van der Waals surface area (Å²) in [5, 5.41) is 8.60. The zero-order chi connectivity index (χ0) is 33.8. The molecule has 6 rings (SSSR count). The molecular formula is C32H32F6N6O3. The molecule has 1 aliphatic carbocycles. The van der Waals surface area contributed by atoms with Crippen LogP contribution in [0.3, 0.4) is 0 Å². The van der Waals surface area contributed by atoms with Crippen LogP contribution in [0.1, 0.15) is 46.1 Å². The Morgan fingerprint density at radius 1 is 1.13 bits per heavy atom. The molecule has 0 radical (unpaired) electrons. The van der Waals surface area contributed by atoms with E-state index in [4.69, 9.17) is 4.74 Å². The molecule has 5 unspecified atom stereocenters. The fraction of sp³-hybridized carbons (Fsp3) is 0.438. The van der Waals surface area contributed by atoms with Crippen LogP contribution >= 0.6 is 0 Å². The molecule has 9 nitrogen and oxygen atoms in total. The average Bonchev–Trinajstić information content (AvgIpc) is 3.53. The highest BCUT2D eigenvalue weighted by atomic mass is 19.4. The predicted octanol–water partition coefficient (Wildman–Crippen LogP) is 4.51. The fourth-order valence-corrected chi connectivity index (χ4v) is 7.20. The number of hydrogen-bond acceptors (Lipinski definition) is 7. The molecule has 47 heavy (non-hydrogen) atoms. The molecule has 15 heteroatoms. The van der Waals surface area contributed by atoms with Crippen molar-refractivity contribution in [3.63, 3.8) is 0 Å². The number of alkyl halides is 3. The standard InChI is InChI=1S/C32H32F6N6O3/c1-15-16(4-17-6-20(33)8-23(34)26(17)35)7-24(29(47-3)44(15)14-32(36,37)38)42-28(45)19-5-18-10-31(11-25(18)40-12-19)22-9-21(39-2)13-41-27(22)43-30(31)46/h5-6,8-9,12-13,15-16,24,29,39H,4,7,10-11,14H2,1-3H3,(H,42,45)(H,41,43,46). The smallest absolute Gasteiger partial charge is 0.387 e. The fourth-order valence-electron chi connectivity index (χ4n) is 7.20. The Labute approximate surface area is 266 Å². The normalized spacial score (nSPS) is 25.4. The van der Waals surface area contributed by atoms with E-state index in [0.717, 1.165) is 16.7 Å². The van der Waals surface area contributed by atoms with Crippen LogP contribution in [0.25, 0.3) is 0 Å². The van der Waals surface area contributed by atoms with Crippen molar-refractivity contribution in [2.45, 2.75) is 62.5 Å². The Morgan fingerprint density at radius 2 is 1.89 bits per heavy atom. The third-order valence-corrected chi connectivity index (χ3v) is 9.55. The lowest BCUT2D eigenvalue weighted by Crippen LogP contribution is -2.63. The van der Waals surface area contributed by atoms with E-state index in [9.17, 15) is 35.9 Å². The van der Waals surface area contributed by atoms with E-state index in [1.54, 1.807) is 19.3 Å². The Bertz CT molecular complexity index is 1740. The summed E-state index contributed by atoms with van der Waals surface area (Å²) in [5.41, 5.74) is 1.56. The van der Waals surface area contributed by atoms with Gasteiger partial charge in [0, 0.05) is 50.1 Å². The van der Waals surface area contributed by atoms with Gasteiger partial charge >= 0.3 is 6.18 Å². The molecule has 3 aliphatic rings. The molecule has 3 N–H and O–H groups in total. The van der Waals surface area contributed by atoms with Gasteiger partial charge in [0.15, 0.2) is 11.6 Å². The van der Waals surface area contributed by atoms with E-state index in [-0.39, 0.29) is 42.7 Å². The Balaban J connectivity index is 1.26. The summed E-state index contributed by atoms with van der Waals surface area (Å²) in [5.74, 6) is -4.88. The first-order valence-electron chi connectivity index (χ1n) is 15.0. The molecule has 1 fully saturated rings. The zero-order valence-corrected chi connectivity index (χ0v) is 25.6. The van der Waals surface area contributed by atoms with Gasteiger partial charge in [-0.2, -0.15) is 13.2 Å². The summed E-state index contributed by atoms with van der Waals surface area (Å²) < 4.78 is 89.2. The molecule has 5 atom stereocenters. The van der Waals surface area contributed by atoms with Crippen molar-refractivity contribution >= 4 is 23.3 Å². The van der Waals surface area contributed by atoms with Gasteiger partial charge in [0.1, 0.15) is 17.9 Å². The van der Waals surface area contributed by atoms with Gasteiger partial charge in [-0.25, -0.2) is 18.2 Å². The van der Waals surface area contributed by atoms with Crippen LogP contribution in [0.4, 0.5) is 37.8 Å². The lowest BCUT2D eigenvalue weighted by molar-refractivity contribution is -0.197. The number of ether oxygens (including phenoxy) is 1. The zero-order valence-electron chi connectivity index (χ0n) is 25.6. The van der Waals surface area contributed by atoms with Crippen LogP contribution in [0, 0.1) is 23.4 Å².